The highest BCUT2D eigenvalue weighted by Crippen LogP contribution is 2.33. The number of nitrogens with zero attached hydrogens (tertiary/aromatic N) is 3. The van der Waals surface area contributed by atoms with Crippen molar-refractivity contribution < 1.29 is 14.3 Å². The van der Waals surface area contributed by atoms with Gasteiger partial charge in [-0.25, -0.2) is 0 Å². The molecule has 0 radical (unpaired) electrons. The van der Waals surface area contributed by atoms with Crippen molar-refractivity contribution in [1.82, 2.24) is 14.8 Å². The first-order chi connectivity index (χ1) is 13.8. The van der Waals surface area contributed by atoms with Gasteiger partial charge in [-0.05, 0) is 48.6 Å². The first kappa shape index (κ1) is 17.5. The molecule has 0 N–H and O–H groups in total. The molecule has 1 amide bonds. The summed E-state index contributed by atoms with van der Waals surface area (Å²) in [6.07, 6.45) is 5.71. The number of amides is 1. The van der Waals surface area contributed by atoms with Crippen LogP contribution in [0.1, 0.15) is 28.8 Å². The quantitative estimate of drug-likeness (QED) is 0.821. The molecule has 1 aromatic carbocycles. The molecule has 3 fully saturated rings. The molecule has 0 saturated carbocycles. The molecule has 4 aliphatic rings. The molecule has 4 aliphatic heterocycles. The lowest BCUT2D eigenvalue weighted by Gasteiger charge is -2.36. The highest BCUT2D eigenvalue weighted by Gasteiger charge is 2.36. The van der Waals surface area contributed by atoms with Gasteiger partial charge in [-0.2, -0.15) is 0 Å². The highest BCUT2D eigenvalue weighted by molar-refractivity contribution is 5.94. The van der Waals surface area contributed by atoms with Crippen LogP contribution in [0.15, 0.2) is 42.7 Å². The molecule has 3 saturated heterocycles. The molecule has 0 spiro atoms. The number of fused-ring (bicyclic) bond motifs is 5. The van der Waals surface area contributed by atoms with Crippen molar-refractivity contribution >= 4 is 5.91 Å². The van der Waals surface area contributed by atoms with Gasteiger partial charge in [0, 0.05) is 44.6 Å². The van der Waals surface area contributed by atoms with Crippen molar-refractivity contribution in [3.05, 3.63) is 53.9 Å². The van der Waals surface area contributed by atoms with Crippen LogP contribution in [0.2, 0.25) is 0 Å². The van der Waals surface area contributed by atoms with E-state index in [1.54, 1.807) is 12.4 Å². The van der Waals surface area contributed by atoms with E-state index in [1.165, 1.54) is 12.0 Å². The number of hydrogen-bond donors (Lipinski definition) is 0. The largest absolute Gasteiger partial charge is 0.486 e. The van der Waals surface area contributed by atoms with Crippen LogP contribution in [0.3, 0.4) is 0 Å². The number of ether oxygens (including phenoxy) is 2. The Kier molecular flexibility index (Phi) is 4.64. The summed E-state index contributed by atoms with van der Waals surface area (Å²) in [5.74, 6) is 2.31. The minimum atomic E-state index is 0.103. The summed E-state index contributed by atoms with van der Waals surface area (Å²) in [6, 6.07) is 10.3. The fourth-order valence-corrected chi connectivity index (χ4v) is 4.63. The van der Waals surface area contributed by atoms with Gasteiger partial charge in [0.15, 0.2) is 11.5 Å². The van der Waals surface area contributed by atoms with Crippen molar-refractivity contribution in [2.24, 2.45) is 5.92 Å². The summed E-state index contributed by atoms with van der Waals surface area (Å²) < 4.78 is 11.4. The maximum absolute atomic E-state index is 12.9. The lowest BCUT2D eigenvalue weighted by molar-refractivity contribution is 0.0735. The van der Waals surface area contributed by atoms with E-state index in [9.17, 15) is 4.79 Å². The number of aromatic nitrogens is 1. The van der Waals surface area contributed by atoms with Crippen LogP contribution in [-0.4, -0.2) is 59.6 Å². The SMILES string of the molecule is O=C(c1cccnc1)N1C[C@@H]2CC[C@H](C1)N(Cc1ccc3c(c1)OCCO3)C2. The van der Waals surface area contributed by atoms with Crippen molar-refractivity contribution in [2.45, 2.75) is 25.4 Å². The second-order valence-corrected chi connectivity index (χ2v) is 7.96. The fraction of sp³-hybridized carbons (Fsp3) is 0.455. The number of carbonyl (C=O) groups excluding carboxylic acids is 1. The molecule has 0 aliphatic carbocycles. The van der Waals surface area contributed by atoms with Crippen molar-refractivity contribution in [3.8, 4) is 11.5 Å². The lowest BCUT2D eigenvalue weighted by Crippen LogP contribution is -2.43. The van der Waals surface area contributed by atoms with Gasteiger partial charge in [0.05, 0.1) is 5.56 Å². The molecule has 146 valence electrons. The van der Waals surface area contributed by atoms with Crippen LogP contribution >= 0.6 is 0 Å². The zero-order valence-electron chi connectivity index (χ0n) is 15.9. The predicted molar refractivity (Wildman–Crippen MR) is 104 cm³/mol. The first-order valence-corrected chi connectivity index (χ1v) is 10.1. The van der Waals surface area contributed by atoms with Gasteiger partial charge in [0.1, 0.15) is 13.2 Å². The molecule has 1 aromatic heterocycles. The topological polar surface area (TPSA) is 54.9 Å². The number of benzene rings is 1. The lowest BCUT2D eigenvalue weighted by atomic mass is 9.94. The zero-order chi connectivity index (χ0) is 18.9. The Balaban J connectivity index is 1.31. The molecule has 2 atom stereocenters. The molecule has 6 heteroatoms. The standard InChI is InChI=1S/C22H25N3O3/c26-22(18-2-1-7-23-11-18)25-14-17-3-5-19(15-25)24(13-17)12-16-4-6-20-21(10-16)28-9-8-27-20/h1-2,4,6-7,10-11,17,19H,3,5,8-9,12-15H2/t17-,19-/m1/s1. The minimum absolute atomic E-state index is 0.103. The number of carbonyl (C=O) groups is 1. The highest BCUT2D eigenvalue weighted by atomic mass is 16.6. The second kappa shape index (κ2) is 7.43. The smallest absolute Gasteiger partial charge is 0.255 e. The number of rotatable bonds is 3. The third kappa shape index (κ3) is 3.44. The van der Waals surface area contributed by atoms with Gasteiger partial charge < -0.3 is 14.4 Å². The van der Waals surface area contributed by atoms with Gasteiger partial charge in [0.2, 0.25) is 0 Å². The van der Waals surface area contributed by atoms with E-state index in [-0.39, 0.29) is 5.91 Å². The minimum Gasteiger partial charge on any atom is -0.486 e. The zero-order valence-corrected chi connectivity index (χ0v) is 15.9. The summed E-state index contributed by atoms with van der Waals surface area (Å²) >= 11 is 0. The third-order valence-corrected chi connectivity index (χ3v) is 6.01. The summed E-state index contributed by atoms with van der Waals surface area (Å²) in [5.41, 5.74) is 1.92. The van der Waals surface area contributed by atoms with Crippen LogP contribution in [-0.2, 0) is 6.54 Å². The Labute approximate surface area is 165 Å². The molecular weight excluding hydrogens is 354 g/mol. The number of pyridine rings is 1. The van der Waals surface area contributed by atoms with Crippen LogP contribution in [0.4, 0.5) is 0 Å². The molecule has 0 unspecified atom stereocenters. The van der Waals surface area contributed by atoms with E-state index in [1.807, 2.05) is 23.1 Å². The maximum Gasteiger partial charge on any atom is 0.255 e. The molecule has 6 nitrogen and oxygen atoms in total. The van der Waals surface area contributed by atoms with E-state index in [2.05, 4.69) is 22.0 Å². The summed E-state index contributed by atoms with van der Waals surface area (Å²) in [7, 11) is 0. The van der Waals surface area contributed by atoms with Gasteiger partial charge in [-0.1, -0.05) is 6.07 Å². The molecule has 28 heavy (non-hydrogen) atoms. The van der Waals surface area contributed by atoms with Gasteiger partial charge >= 0.3 is 0 Å². The summed E-state index contributed by atoms with van der Waals surface area (Å²) in [6.45, 7) is 4.76. The van der Waals surface area contributed by atoms with Gasteiger partial charge in [0.25, 0.3) is 5.91 Å². The van der Waals surface area contributed by atoms with E-state index in [4.69, 9.17) is 9.47 Å². The van der Waals surface area contributed by atoms with E-state index >= 15 is 0 Å². The maximum atomic E-state index is 12.9. The van der Waals surface area contributed by atoms with E-state index in [0.717, 1.165) is 44.1 Å². The monoisotopic (exact) mass is 379 g/mol. The van der Waals surface area contributed by atoms with Crippen molar-refractivity contribution in [3.63, 3.8) is 0 Å². The first-order valence-electron chi connectivity index (χ1n) is 10.1. The Morgan fingerprint density at radius 3 is 2.82 bits per heavy atom. The molecular formula is C22H25N3O3. The second-order valence-electron chi connectivity index (χ2n) is 7.96. The average Bonchev–Trinajstić information content (AvgIpc) is 3.06. The van der Waals surface area contributed by atoms with Crippen LogP contribution in [0.25, 0.3) is 0 Å². The fourth-order valence-electron chi connectivity index (χ4n) is 4.63. The van der Waals surface area contributed by atoms with E-state index in [0.29, 0.717) is 30.7 Å². The Morgan fingerprint density at radius 1 is 1.07 bits per heavy atom. The summed E-state index contributed by atoms with van der Waals surface area (Å²) in [5, 5.41) is 0. The molecule has 2 aromatic rings. The van der Waals surface area contributed by atoms with Crippen LogP contribution < -0.4 is 9.47 Å². The van der Waals surface area contributed by atoms with Crippen molar-refractivity contribution in [2.75, 3.05) is 32.8 Å². The Bertz CT molecular complexity index is 857. The Hall–Kier alpha value is -2.60. The van der Waals surface area contributed by atoms with Crippen molar-refractivity contribution in [1.29, 1.82) is 0 Å². The van der Waals surface area contributed by atoms with E-state index < -0.39 is 0 Å². The number of piperidine rings is 1. The predicted octanol–water partition coefficient (Wildman–Crippen LogP) is 2.59. The Morgan fingerprint density at radius 2 is 1.96 bits per heavy atom. The van der Waals surface area contributed by atoms with Crippen LogP contribution in [0, 0.1) is 5.92 Å². The summed E-state index contributed by atoms with van der Waals surface area (Å²) in [4.78, 5) is 21.6. The van der Waals surface area contributed by atoms with Gasteiger partial charge in [-0.3, -0.25) is 14.7 Å². The average molecular weight is 379 g/mol. The molecule has 5 heterocycles. The third-order valence-electron chi connectivity index (χ3n) is 6.01. The number of hydrogen-bond acceptors (Lipinski definition) is 5. The van der Waals surface area contributed by atoms with Crippen LogP contribution in [0.5, 0.6) is 11.5 Å². The molecule has 2 bridgehead atoms. The molecule has 6 rings (SSSR count). The normalized spacial score (nSPS) is 24.1. The van der Waals surface area contributed by atoms with Gasteiger partial charge in [-0.15, -0.1) is 0 Å².